The van der Waals surface area contributed by atoms with Crippen LogP contribution in [0.15, 0.2) is 42.5 Å². The second-order valence-corrected chi connectivity index (χ2v) is 8.34. The fraction of sp³-hybridized carbons (Fsp3) is 0.462. The number of amides is 2. The topological polar surface area (TPSA) is 77.1 Å². The lowest BCUT2D eigenvalue weighted by atomic mass is 9.94. The van der Waals surface area contributed by atoms with Crippen molar-refractivity contribution in [2.24, 2.45) is 0 Å². The lowest BCUT2D eigenvalue weighted by molar-refractivity contribution is -0.140. The van der Waals surface area contributed by atoms with Gasteiger partial charge in [-0.15, -0.1) is 0 Å². The van der Waals surface area contributed by atoms with Gasteiger partial charge in [-0.25, -0.2) is 0 Å². The first-order valence-electron chi connectivity index (χ1n) is 11.4. The summed E-state index contributed by atoms with van der Waals surface area (Å²) in [6.45, 7) is 1.79. The minimum absolute atomic E-state index is 0.112. The maximum atomic E-state index is 13.7. The second-order valence-electron chi connectivity index (χ2n) is 8.34. The van der Waals surface area contributed by atoms with Crippen LogP contribution in [0.3, 0.4) is 0 Å². The molecule has 1 atom stereocenters. The van der Waals surface area contributed by atoms with Crippen LogP contribution < -0.4 is 19.5 Å². The van der Waals surface area contributed by atoms with Crippen LogP contribution in [0.2, 0.25) is 0 Å². The molecule has 1 aliphatic rings. The molecule has 7 heteroatoms. The van der Waals surface area contributed by atoms with Crippen molar-refractivity contribution in [2.75, 3.05) is 21.3 Å². The molecule has 0 aliphatic heterocycles. The molecule has 1 fully saturated rings. The van der Waals surface area contributed by atoms with E-state index in [0.717, 1.165) is 31.2 Å². The van der Waals surface area contributed by atoms with Gasteiger partial charge in [-0.2, -0.15) is 0 Å². The maximum absolute atomic E-state index is 13.7. The van der Waals surface area contributed by atoms with Gasteiger partial charge in [0.2, 0.25) is 17.6 Å². The van der Waals surface area contributed by atoms with Gasteiger partial charge in [0.25, 0.3) is 0 Å². The Morgan fingerprint density at radius 3 is 2.09 bits per heavy atom. The molecule has 0 saturated heterocycles. The summed E-state index contributed by atoms with van der Waals surface area (Å²) < 4.78 is 16.5. The van der Waals surface area contributed by atoms with E-state index in [9.17, 15) is 9.59 Å². The zero-order valence-corrected chi connectivity index (χ0v) is 19.9. The van der Waals surface area contributed by atoms with Gasteiger partial charge in [-0.1, -0.05) is 49.6 Å². The van der Waals surface area contributed by atoms with Crippen LogP contribution in [0, 0.1) is 0 Å². The Morgan fingerprint density at radius 2 is 1.58 bits per heavy atom. The van der Waals surface area contributed by atoms with Gasteiger partial charge in [0, 0.05) is 19.5 Å². The fourth-order valence-corrected chi connectivity index (χ4v) is 4.42. The Hall–Kier alpha value is -3.22. The first-order valence-corrected chi connectivity index (χ1v) is 11.4. The lowest BCUT2D eigenvalue weighted by Crippen LogP contribution is -2.46. The number of hydrogen-bond donors (Lipinski definition) is 1. The van der Waals surface area contributed by atoms with Crippen molar-refractivity contribution in [3.8, 4) is 17.2 Å². The zero-order valence-electron chi connectivity index (χ0n) is 19.9. The van der Waals surface area contributed by atoms with Crippen LogP contribution in [-0.4, -0.2) is 44.1 Å². The minimum Gasteiger partial charge on any atom is -0.493 e. The van der Waals surface area contributed by atoms with Gasteiger partial charge < -0.3 is 24.4 Å². The molecule has 178 valence electrons. The Kier molecular flexibility index (Phi) is 8.58. The molecular formula is C26H34N2O5. The number of carbonyl (C=O) groups is 2. The predicted molar refractivity (Wildman–Crippen MR) is 127 cm³/mol. The molecule has 0 unspecified atom stereocenters. The number of methoxy groups -OCH3 is 3. The Balaban J connectivity index is 2.05. The van der Waals surface area contributed by atoms with Crippen LogP contribution in [0.4, 0.5) is 0 Å². The third-order valence-electron chi connectivity index (χ3n) is 6.11. The van der Waals surface area contributed by atoms with Gasteiger partial charge in [-0.3, -0.25) is 9.59 Å². The Bertz CT molecular complexity index is 916. The number of nitrogens with zero attached hydrogens (tertiary/aromatic N) is 1. The van der Waals surface area contributed by atoms with Crippen LogP contribution in [0.25, 0.3) is 0 Å². The molecule has 0 spiro atoms. The second kappa shape index (κ2) is 11.6. The molecule has 1 N–H and O–H groups in total. The molecule has 7 nitrogen and oxygen atoms in total. The van der Waals surface area contributed by atoms with E-state index in [1.807, 2.05) is 30.3 Å². The smallest absolute Gasteiger partial charge is 0.247 e. The Labute approximate surface area is 196 Å². The highest BCUT2D eigenvalue weighted by Gasteiger charge is 2.33. The number of benzene rings is 2. The zero-order chi connectivity index (χ0) is 23.8. The monoisotopic (exact) mass is 454 g/mol. The molecular weight excluding hydrogens is 420 g/mol. The highest BCUT2D eigenvalue weighted by molar-refractivity contribution is 5.88. The quantitative estimate of drug-likeness (QED) is 0.613. The van der Waals surface area contributed by atoms with E-state index in [2.05, 4.69) is 5.32 Å². The first kappa shape index (κ1) is 24.4. The van der Waals surface area contributed by atoms with E-state index >= 15 is 0 Å². The van der Waals surface area contributed by atoms with Gasteiger partial charge >= 0.3 is 0 Å². The predicted octanol–water partition coefficient (Wildman–Crippen LogP) is 4.25. The summed E-state index contributed by atoms with van der Waals surface area (Å²) in [6.07, 6.45) is 5.29. The van der Waals surface area contributed by atoms with Crippen molar-refractivity contribution < 1.29 is 23.8 Å². The summed E-state index contributed by atoms with van der Waals surface area (Å²) in [5, 5.41) is 3.20. The maximum Gasteiger partial charge on any atom is 0.247 e. The van der Waals surface area contributed by atoms with Crippen molar-refractivity contribution in [3.05, 3.63) is 53.6 Å². The Morgan fingerprint density at radius 1 is 0.970 bits per heavy atom. The van der Waals surface area contributed by atoms with Crippen molar-refractivity contribution in [1.82, 2.24) is 10.2 Å². The molecule has 0 bridgehead atoms. The average molecular weight is 455 g/mol. The van der Waals surface area contributed by atoms with E-state index in [4.69, 9.17) is 14.2 Å². The first-order chi connectivity index (χ1) is 16.0. The summed E-state index contributed by atoms with van der Waals surface area (Å²) in [5.74, 6) is 0.905. The fourth-order valence-electron chi connectivity index (χ4n) is 4.42. The van der Waals surface area contributed by atoms with E-state index in [0.29, 0.717) is 29.4 Å². The van der Waals surface area contributed by atoms with E-state index in [-0.39, 0.29) is 17.9 Å². The molecule has 0 radical (unpaired) electrons. The van der Waals surface area contributed by atoms with Crippen LogP contribution in [-0.2, 0) is 16.1 Å². The molecule has 1 saturated carbocycles. The summed E-state index contributed by atoms with van der Waals surface area (Å²) in [5.41, 5.74) is 1.54. The largest absolute Gasteiger partial charge is 0.493 e. The number of nitrogens with one attached hydrogen (secondary N) is 1. The van der Waals surface area contributed by atoms with Crippen LogP contribution in [0.5, 0.6) is 17.2 Å². The number of ether oxygens (including phenoxy) is 3. The normalized spacial score (nSPS) is 14.8. The molecule has 2 aromatic rings. The van der Waals surface area contributed by atoms with Crippen molar-refractivity contribution >= 4 is 11.8 Å². The van der Waals surface area contributed by atoms with Crippen molar-refractivity contribution in [1.29, 1.82) is 0 Å². The lowest BCUT2D eigenvalue weighted by Gasteiger charge is -2.33. The van der Waals surface area contributed by atoms with Crippen molar-refractivity contribution in [3.63, 3.8) is 0 Å². The highest BCUT2D eigenvalue weighted by atomic mass is 16.5. The van der Waals surface area contributed by atoms with Gasteiger partial charge in [-0.05, 0) is 36.1 Å². The molecule has 2 aromatic carbocycles. The third-order valence-corrected chi connectivity index (χ3v) is 6.11. The molecule has 1 aliphatic carbocycles. The molecule has 0 heterocycles. The average Bonchev–Trinajstić information content (AvgIpc) is 2.84. The van der Waals surface area contributed by atoms with Gasteiger partial charge in [0.1, 0.15) is 6.04 Å². The van der Waals surface area contributed by atoms with Crippen LogP contribution >= 0.6 is 0 Å². The van der Waals surface area contributed by atoms with Gasteiger partial charge in [0.05, 0.1) is 21.3 Å². The van der Waals surface area contributed by atoms with E-state index in [1.54, 1.807) is 17.0 Å². The molecule has 0 aromatic heterocycles. The van der Waals surface area contributed by atoms with Crippen LogP contribution in [0.1, 0.15) is 56.2 Å². The van der Waals surface area contributed by atoms with E-state index in [1.165, 1.54) is 34.7 Å². The minimum atomic E-state index is -0.849. The molecule has 3 rings (SSSR count). The summed E-state index contributed by atoms with van der Waals surface area (Å²) in [7, 11) is 4.60. The number of carbonyl (C=O) groups excluding carboxylic acids is 2. The summed E-state index contributed by atoms with van der Waals surface area (Å²) >= 11 is 0. The van der Waals surface area contributed by atoms with Gasteiger partial charge in [0.15, 0.2) is 11.5 Å². The standard InChI is InChI=1S/C26H34N2O5/c1-18(29)28(17-19-11-7-5-8-12-19)24(26(30)27-21-13-9-6-10-14-21)20-15-22(31-2)25(33-4)23(16-20)32-3/h5,7-8,11-12,15-16,21,24H,6,9-10,13-14,17H2,1-4H3,(H,27,30)/t24-/m0/s1. The highest BCUT2D eigenvalue weighted by Crippen LogP contribution is 2.41. The summed E-state index contributed by atoms with van der Waals surface area (Å²) in [6, 6.07) is 12.4. The SMILES string of the molecule is COc1cc([C@@H](C(=O)NC2CCCCC2)N(Cc2ccccc2)C(C)=O)cc(OC)c1OC. The summed E-state index contributed by atoms with van der Waals surface area (Å²) in [4.78, 5) is 28.1. The number of hydrogen-bond acceptors (Lipinski definition) is 5. The molecule has 33 heavy (non-hydrogen) atoms. The number of rotatable bonds is 9. The third kappa shape index (κ3) is 5.97. The van der Waals surface area contributed by atoms with Crippen molar-refractivity contribution in [2.45, 2.75) is 57.7 Å². The van der Waals surface area contributed by atoms with E-state index < -0.39 is 6.04 Å². The molecule has 2 amide bonds.